The van der Waals surface area contributed by atoms with Gasteiger partial charge in [-0.1, -0.05) is 17.7 Å². The molecule has 2 nitrogen and oxygen atoms in total. The Bertz CT molecular complexity index is 557. The van der Waals surface area contributed by atoms with Gasteiger partial charge < -0.3 is 5.73 Å². The predicted molar refractivity (Wildman–Crippen MR) is 71.0 cm³/mol. The van der Waals surface area contributed by atoms with E-state index in [1.165, 1.54) is 6.07 Å². The SMILES string of the molecule is Cc1ccncc1C(N)Cc1ccc(Cl)cc1F. The van der Waals surface area contributed by atoms with Crippen molar-refractivity contribution in [1.82, 2.24) is 4.98 Å². The molecule has 1 aromatic heterocycles. The number of pyridine rings is 1. The minimum atomic E-state index is -0.320. The van der Waals surface area contributed by atoms with Gasteiger partial charge in [-0.3, -0.25) is 4.98 Å². The van der Waals surface area contributed by atoms with Crippen LogP contribution in [-0.2, 0) is 6.42 Å². The molecule has 1 atom stereocenters. The minimum absolute atomic E-state index is 0.269. The summed E-state index contributed by atoms with van der Waals surface area (Å²) in [6.45, 7) is 1.97. The second-order valence-electron chi connectivity index (χ2n) is 4.28. The molecule has 0 fully saturated rings. The van der Waals surface area contributed by atoms with Crippen molar-refractivity contribution in [3.05, 3.63) is 64.2 Å². The van der Waals surface area contributed by atoms with E-state index < -0.39 is 0 Å². The van der Waals surface area contributed by atoms with E-state index in [1.54, 1.807) is 24.5 Å². The topological polar surface area (TPSA) is 38.9 Å². The lowest BCUT2D eigenvalue weighted by molar-refractivity contribution is 0.592. The zero-order valence-corrected chi connectivity index (χ0v) is 10.8. The molecule has 1 aromatic carbocycles. The maximum atomic E-state index is 13.7. The standard InChI is InChI=1S/C14H14ClFN2/c1-9-4-5-18-8-12(9)14(17)6-10-2-3-11(15)7-13(10)16/h2-5,7-8,14H,6,17H2,1H3. The van der Waals surface area contributed by atoms with Gasteiger partial charge in [-0.05, 0) is 48.2 Å². The van der Waals surface area contributed by atoms with Crippen molar-refractivity contribution >= 4 is 11.6 Å². The molecule has 2 N–H and O–H groups in total. The van der Waals surface area contributed by atoms with Gasteiger partial charge in [-0.2, -0.15) is 0 Å². The van der Waals surface area contributed by atoms with Crippen molar-refractivity contribution in [1.29, 1.82) is 0 Å². The van der Waals surface area contributed by atoms with E-state index in [2.05, 4.69) is 4.98 Å². The highest BCUT2D eigenvalue weighted by Crippen LogP contribution is 2.22. The van der Waals surface area contributed by atoms with E-state index in [4.69, 9.17) is 17.3 Å². The molecule has 4 heteroatoms. The number of rotatable bonds is 3. The fourth-order valence-electron chi connectivity index (χ4n) is 1.90. The van der Waals surface area contributed by atoms with Crippen LogP contribution in [0.1, 0.15) is 22.7 Å². The first-order chi connectivity index (χ1) is 8.58. The first kappa shape index (κ1) is 13.0. The molecule has 94 valence electrons. The van der Waals surface area contributed by atoms with Crippen LogP contribution in [0.3, 0.4) is 0 Å². The van der Waals surface area contributed by atoms with Crippen LogP contribution < -0.4 is 5.73 Å². The highest BCUT2D eigenvalue weighted by atomic mass is 35.5. The highest BCUT2D eigenvalue weighted by molar-refractivity contribution is 6.30. The number of nitrogens with zero attached hydrogens (tertiary/aromatic N) is 1. The van der Waals surface area contributed by atoms with Crippen LogP contribution in [0.4, 0.5) is 4.39 Å². The van der Waals surface area contributed by atoms with Gasteiger partial charge in [-0.15, -0.1) is 0 Å². The van der Waals surface area contributed by atoms with Crippen LogP contribution in [0, 0.1) is 12.7 Å². The zero-order chi connectivity index (χ0) is 13.1. The molecule has 18 heavy (non-hydrogen) atoms. The Balaban J connectivity index is 2.21. The summed E-state index contributed by atoms with van der Waals surface area (Å²) in [5.41, 5.74) is 8.66. The summed E-state index contributed by atoms with van der Waals surface area (Å²) in [6, 6.07) is 6.27. The van der Waals surface area contributed by atoms with Gasteiger partial charge in [0.25, 0.3) is 0 Å². The number of aryl methyl sites for hydroxylation is 1. The lowest BCUT2D eigenvalue weighted by atomic mass is 9.98. The number of hydrogen-bond acceptors (Lipinski definition) is 2. The van der Waals surface area contributed by atoms with E-state index in [0.29, 0.717) is 17.0 Å². The monoisotopic (exact) mass is 264 g/mol. The number of hydrogen-bond donors (Lipinski definition) is 1. The third-order valence-electron chi connectivity index (χ3n) is 2.93. The Morgan fingerprint density at radius 2 is 2.17 bits per heavy atom. The summed E-state index contributed by atoms with van der Waals surface area (Å²) >= 11 is 5.71. The second kappa shape index (κ2) is 5.46. The lowest BCUT2D eigenvalue weighted by Gasteiger charge is -2.14. The minimum Gasteiger partial charge on any atom is -0.324 e. The smallest absolute Gasteiger partial charge is 0.127 e. The normalized spacial score (nSPS) is 12.4. The van der Waals surface area contributed by atoms with Crippen LogP contribution in [0.25, 0.3) is 0 Å². The fourth-order valence-corrected chi connectivity index (χ4v) is 2.06. The molecule has 0 bridgehead atoms. The number of benzene rings is 1. The third-order valence-corrected chi connectivity index (χ3v) is 3.17. The van der Waals surface area contributed by atoms with Gasteiger partial charge in [0.1, 0.15) is 5.82 Å². The Morgan fingerprint density at radius 3 is 2.83 bits per heavy atom. The van der Waals surface area contributed by atoms with Crippen LogP contribution in [0.5, 0.6) is 0 Å². The van der Waals surface area contributed by atoms with Crippen LogP contribution in [-0.4, -0.2) is 4.98 Å². The molecule has 2 rings (SSSR count). The van der Waals surface area contributed by atoms with E-state index >= 15 is 0 Å². The highest BCUT2D eigenvalue weighted by Gasteiger charge is 2.12. The Labute approximate surface area is 111 Å². The van der Waals surface area contributed by atoms with E-state index in [-0.39, 0.29) is 11.9 Å². The second-order valence-corrected chi connectivity index (χ2v) is 4.72. The van der Waals surface area contributed by atoms with Gasteiger partial charge in [0.15, 0.2) is 0 Å². The molecule has 1 unspecified atom stereocenters. The molecular formula is C14H14ClFN2. The average Bonchev–Trinajstić information content (AvgIpc) is 2.33. The predicted octanol–water partition coefficient (Wildman–Crippen LogP) is 3.43. The van der Waals surface area contributed by atoms with Crippen molar-refractivity contribution in [2.24, 2.45) is 5.73 Å². The first-order valence-corrected chi connectivity index (χ1v) is 6.05. The molecule has 0 aliphatic heterocycles. The van der Waals surface area contributed by atoms with E-state index in [9.17, 15) is 4.39 Å². The molecule has 2 aromatic rings. The van der Waals surface area contributed by atoms with Gasteiger partial charge in [0.05, 0.1) is 0 Å². The summed E-state index contributed by atoms with van der Waals surface area (Å²) in [5.74, 6) is -0.320. The summed E-state index contributed by atoms with van der Waals surface area (Å²) < 4.78 is 13.7. The largest absolute Gasteiger partial charge is 0.324 e. The summed E-state index contributed by atoms with van der Waals surface area (Å²) in [4.78, 5) is 4.05. The molecule has 0 spiro atoms. The Kier molecular flexibility index (Phi) is 3.94. The summed E-state index contributed by atoms with van der Waals surface area (Å²) in [6.07, 6.45) is 3.87. The summed E-state index contributed by atoms with van der Waals surface area (Å²) in [7, 11) is 0. The molecule has 0 saturated heterocycles. The van der Waals surface area contributed by atoms with E-state index in [0.717, 1.165) is 11.1 Å². The lowest BCUT2D eigenvalue weighted by Crippen LogP contribution is -2.15. The van der Waals surface area contributed by atoms with Gasteiger partial charge in [0, 0.05) is 23.5 Å². The third kappa shape index (κ3) is 2.86. The Hall–Kier alpha value is -1.45. The van der Waals surface area contributed by atoms with Gasteiger partial charge in [0.2, 0.25) is 0 Å². The van der Waals surface area contributed by atoms with Crippen LogP contribution >= 0.6 is 11.6 Å². The zero-order valence-electron chi connectivity index (χ0n) is 10.0. The number of nitrogens with two attached hydrogens (primary N) is 1. The molecule has 0 amide bonds. The molecular weight excluding hydrogens is 251 g/mol. The number of aromatic nitrogens is 1. The molecule has 0 aliphatic carbocycles. The van der Waals surface area contributed by atoms with Crippen molar-refractivity contribution in [3.8, 4) is 0 Å². The van der Waals surface area contributed by atoms with Crippen molar-refractivity contribution in [2.75, 3.05) is 0 Å². The maximum Gasteiger partial charge on any atom is 0.127 e. The molecule has 0 radical (unpaired) electrons. The first-order valence-electron chi connectivity index (χ1n) is 5.68. The fraction of sp³-hybridized carbons (Fsp3) is 0.214. The number of halogens is 2. The van der Waals surface area contributed by atoms with Crippen molar-refractivity contribution in [2.45, 2.75) is 19.4 Å². The molecule has 0 aliphatic rings. The molecule has 1 heterocycles. The van der Waals surface area contributed by atoms with Gasteiger partial charge >= 0.3 is 0 Å². The summed E-state index contributed by atoms with van der Waals surface area (Å²) in [5, 5.41) is 0.391. The van der Waals surface area contributed by atoms with Crippen LogP contribution in [0.15, 0.2) is 36.7 Å². The molecule has 0 saturated carbocycles. The van der Waals surface area contributed by atoms with Crippen molar-refractivity contribution in [3.63, 3.8) is 0 Å². The van der Waals surface area contributed by atoms with E-state index in [1.807, 2.05) is 13.0 Å². The van der Waals surface area contributed by atoms with Crippen molar-refractivity contribution < 1.29 is 4.39 Å². The quantitative estimate of drug-likeness (QED) is 0.923. The maximum absolute atomic E-state index is 13.7. The Morgan fingerprint density at radius 1 is 1.39 bits per heavy atom. The van der Waals surface area contributed by atoms with Gasteiger partial charge in [-0.25, -0.2) is 4.39 Å². The average molecular weight is 265 g/mol. The van der Waals surface area contributed by atoms with Crippen LogP contribution in [0.2, 0.25) is 5.02 Å².